The number of hydrogen-bond donors (Lipinski definition) is 1. The molecule has 1 heterocycles. The standard InChI is InChI=1S/C24H32ClN3O3S/c1-19-7-11-22(12-8-19)32(30,31)28(21-10-9-20(2)23(25)17-21)18-24(29)26-13-6-16-27-14-4-3-5-15-27/h7-12,17H,3-6,13-16,18H2,1-2H3,(H,26,29). The van der Waals surface area contributed by atoms with Crippen LogP contribution in [0.15, 0.2) is 47.4 Å². The molecule has 1 N–H and O–H groups in total. The summed E-state index contributed by atoms with van der Waals surface area (Å²) < 4.78 is 27.9. The summed E-state index contributed by atoms with van der Waals surface area (Å²) in [6.45, 7) is 7.13. The molecular weight excluding hydrogens is 446 g/mol. The number of halogens is 1. The van der Waals surface area contributed by atoms with Crippen molar-refractivity contribution in [1.29, 1.82) is 0 Å². The summed E-state index contributed by atoms with van der Waals surface area (Å²) in [5.41, 5.74) is 2.16. The van der Waals surface area contributed by atoms with Gasteiger partial charge >= 0.3 is 0 Å². The summed E-state index contributed by atoms with van der Waals surface area (Å²) in [5.74, 6) is -0.337. The zero-order valence-corrected chi connectivity index (χ0v) is 20.4. The molecule has 1 fully saturated rings. The van der Waals surface area contributed by atoms with E-state index in [1.807, 2.05) is 13.8 Å². The molecule has 1 saturated heterocycles. The van der Waals surface area contributed by atoms with Crippen LogP contribution in [0.4, 0.5) is 5.69 Å². The average molecular weight is 478 g/mol. The highest BCUT2D eigenvalue weighted by molar-refractivity contribution is 7.92. The van der Waals surface area contributed by atoms with Crippen LogP contribution in [-0.2, 0) is 14.8 Å². The van der Waals surface area contributed by atoms with Crippen LogP contribution in [0.3, 0.4) is 0 Å². The number of likely N-dealkylation sites (tertiary alicyclic amines) is 1. The Morgan fingerprint density at radius 3 is 2.41 bits per heavy atom. The van der Waals surface area contributed by atoms with Crippen molar-refractivity contribution in [2.75, 3.05) is 37.0 Å². The number of sulfonamides is 1. The van der Waals surface area contributed by atoms with Crippen LogP contribution < -0.4 is 9.62 Å². The lowest BCUT2D eigenvalue weighted by Gasteiger charge is -2.26. The van der Waals surface area contributed by atoms with Gasteiger partial charge in [-0.05, 0) is 82.6 Å². The lowest BCUT2D eigenvalue weighted by atomic mass is 10.1. The number of nitrogens with zero attached hydrogens (tertiary/aromatic N) is 2. The summed E-state index contributed by atoms with van der Waals surface area (Å²) in [6, 6.07) is 11.6. The SMILES string of the molecule is Cc1ccc(S(=O)(=O)N(CC(=O)NCCCN2CCCCC2)c2ccc(C)c(Cl)c2)cc1. The third kappa shape index (κ3) is 6.47. The van der Waals surface area contributed by atoms with Crippen LogP contribution in [0.2, 0.25) is 5.02 Å². The molecule has 3 rings (SSSR count). The molecule has 0 saturated carbocycles. The maximum atomic E-state index is 13.4. The first kappa shape index (κ1) is 24.6. The van der Waals surface area contributed by atoms with Crippen molar-refractivity contribution < 1.29 is 13.2 Å². The quantitative estimate of drug-likeness (QED) is 0.551. The second kappa shape index (κ2) is 11.2. The third-order valence-electron chi connectivity index (χ3n) is 5.76. The third-order valence-corrected chi connectivity index (χ3v) is 7.96. The number of carbonyl (C=O) groups excluding carboxylic acids is 1. The van der Waals surface area contributed by atoms with Gasteiger partial charge in [-0.2, -0.15) is 0 Å². The molecule has 6 nitrogen and oxygen atoms in total. The van der Waals surface area contributed by atoms with E-state index in [0.717, 1.165) is 41.5 Å². The molecule has 0 aromatic heterocycles. The van der Waals surface area contributed by atoms with E-state index in [9.17, 15) is 13.2 Å². The average Bonchev–Trinajstić information content (AvgIpc) is 2.78. The molecule has 174 valence electrons. The van der Waals surface area contributed by atoms with Gasteiger partial charge in [-0.3, -0.25) is 9.10 Å². The monoisotopic (exact) mass is 477 g/mol. The Kier molecular flexibility index (Phi) is 8.57. The Hall–Kier alpha value is -2.09. The molecule has 0 atom stereocenters. The number of amides is 1. The van der Waals surface area contributed by atoms with Gasteiger partial charge in [-0.1, -0.05) is 41.8 Å². The van der Waals surface area contributed by atoms with E-state index in [1.165, 1.54) is 19.3 Å². The molecule has 8 heteroatoms. The smallest absolute Gasteiger partial charge is 0.264 e. The van der Waals surface area contributed by atoms with Gasteiger partial charge in [0.1, 0.15) is 6.54 Å². The molecule has 0 bridgehead atoms. The van der Waals surface area contributed by atoms with E-state index in [-0.39, 0.29) is 17.3 Å². The minimum atomic E-state index is -3.94. The molecule has 0 radical (unpaired) electrons. The Morgan fingerprint density at radius 2 is 1.75 bits per heavy atom. The Morgan fingerprint density at radius 1 is 1.06 bits per heavy atom. The molecule has 0 spiro atoms. The maximum Gasteiger partial charge on any atom is 0.264 e. The topological polar surface area (TPSA) is 69.7 Å². The van der Waals surface area contributed by atoms with Crippen molar-refractivity contribution in [2.24, 2.45) is 0 Å². The zero-order valence-electron chi connectivity index (χ0n) is 18.8. The fourth-order valence-electron chi connectivity index (χ4n) is 3.79. The van der Waals surface area contributed by atoms with Crippen molar-refractivity contribution in [3.05, 3.63) is 58.6 Å². The zero-order chi connectivity index (χ0) is 23.1. The molecule has 32 heavy (non-hydrogen) atoms. The largest absolute Gasteiger partial charge is 0.354 e. The normalized spacial score (nSPS) is 14.8. The second-order valence-corrected chi connectivity index (χ2v) is 10.6. The first-order valence-corrected chi connectivity index (χ1v) is 12.9. The number of anilines is 1. The number of aryl methyl sites for hydroxylation is 2. The van der Waals surface area contributed by atoms with Crippen LogP contribution in [0.25, 0.3) is 0 Å². The van der Waals surface area contributed by atoms with Gasteiger partial charge in [-0.15, -0.1) is 0 Å². The Bertz CT molecular complexity index is 1020. The van der Waals surface area contributed by atoms with E-state index < -0.39 is 10.0 Å². The van der Waals surface area contributed by atoms with E-state index in [4.69, 9.17) is 11.6 Å². The lowest BCUT2D eigenvalue weighted by Crippen LogP contribution is -2.41. The summed E-state index contributed by atoms with van der Waals surface area (Å²) >= 11 is 6.26. The highest BCUT2D eigenvalue weighted by Crippen LogP contribution is 2.28. The van der Waals surface area contributed by atoms with Gasteiger partial charge in [0.15, 0.2) is 0 Å². The number of hydrogen-bond acceptors (Lipinski definition) is 4. The molecular formula is C24H32ClN3O3S. The molecule has 1 aliphatic heterocycles. The summed E-state index contributed by atoms with van der Waals surface area (Å²) in [6.07, 6.45) is 4.60. The van der Waals surface area contributed by atoms with E-state index in [1.54, 1.807) is 42.5 Å². The van der Waals surface area contributed by atoms with Crippen molar-refractivity contribution in [1.82, 2.24) is 10.2 Å². The van der Waals surface area contributed by atoms with Crippen molar-refractivity contribution >= 4 is 33.2 Å². The summed E-state index contributed by atoms with van der Waals surface area (Å²) in [5, 5.41) is 3.33. The number of piperidine rings is 1. The second-order valence-electron chi connectivity index (χ2n) is 8.36. The van der Waals surface area contributed by atoms with Crippen LogP contribution in [0.5, 0.6) is 0 Å². The van der Waals surface area contributed by atoms with Gasteiger partial charge in [0, 0.05) is 11.6 Å². The van der Waals surface area contributed by atoms with Crippen molar-refractivity contribution in [3.8, 4) is 0 Å². The number of rotatable bonds is 9. The van der Waals surface area contributed by atoms with Gasteiger partial charge in [0.05, 0.1) is 10.6 Å². The van der Waals surface area contributed by atoms with Crippen LogP contribution in [0, 0.1) is 13.8 Å². The maximum absolute atomic E-state index is 13.4. The number of benzene rings is 2. The summed E-state index contributed by atoms with van der Waals surface area (Å²) in [4.78, 5) is 15.2. The highest BCUT2D eigenvalue weighted by atomic mass is 35.5. The molecule has 0 aliphatic carbocycles. The van der Waals surface area contributed by atoms with Gasteiger partial charge in [-0.25, -0.2) is 8.42 Å². The minimum Gasteiger partial charge on any atom is -0.354 e. The van der Waals surface area contributed by atoms with Crippen LogP contribution >= 0.6 is 11.6 Å². The highest BCUT2D eigenvalue weighted by Gasteiger charge is 2.27. The Balaban J connectivity index is 1.71. The lowest BCUT2D eigenvalue weighted by molar-refractivity contribution is -0.119. The molecule has 2 aromatic rings. The van der Waals surface area contributed by atoms with Gasteiger partial charge in [0.2, 0.25) is 5.91 Å². The first-order chi connectivity index (χ1) is 15.3. The van der Waals surface area contributed by atoms with Crippen LogP contribution in [0.1, 0.15) is 36.8 Å². The van der Waals surface area contributed by atoms with E-state index >= 15 is 0 Å². The summed E-state index contributed by atoms with van der Waals surface area (Å²) in [7, 11) is -3.94. The molecule has 0 unspecified atom stereocenters. The number of carbonyl (C=O) groups is 1. The van der Waals surface area contributed by atoms with Crippen molar-refractivity contribution in [3.63, 3.8) is 0 Å². The van der Waals surface area contributed by atoms with Crippen molar-refractivity contribution in [2.45, 2.75) is 44.4 Å². The van der Waals surface area contributed by atoms with Gasteiger partial charge in [0.25, 0.3) is 10.0 Å². The molecule has 2 aromatic carbocycles. The fraction of sp³-hybridized carbons (Fsp3) is 0.458. The number of nitrogens with one attached hydrogen (secondary N) is 1. The Labute approximate surface area is 196 Å². The first-order valence-electron chi connectivity index (χ1n) is 11.1. The fourth-order valence-corrected chi connectivity index (χ4v) is 5.38. The minimum absolute atomic E-state index is 0.137. The predicted octanol–water partition coefficient (Wildman–Crippen LogP) is 4.14. The molecule has 1 amide bonds. The van der Waals surface area contributed by atoms with E-state index in [2.05, 4.69) is 10.2 Å². The van der Waals surface area contributed by atoms with Crippen LogP contribution in [-0.4, -0.2) is 51.9 Å². The molecule has 1 aliphatic rings. The van der Waals surface area contributed by atoms with Gasteiger partial charge < -0.3 is 10.2 Å². The van der Waals surface area contributed by atoms with E-state index in [0.29, 0.717) is 17.3 Å². The predicted molar refractivity (Wildman–Crippen MR) is 130 cm³/mol.